The summed E-state index contributed by atoms with van der Waals surface area (Å²) in [6.45, 7) is 0. The maximum atomic E-state index is 12.6. The second-order valence-corrected chi connectivity index (χ2v) is 8.04. The van der Waals surface area contributed by atoms with E-state index in [4.69, 9.17) is 16.0 Å². The van der Waals surface area contributed by atoms with Gasteiger partial charge in [0.1, 0.15) is 0 Å². The molecule has 0 unspecified atom stereocenters. The zero-order valence-electron chi connectivity index (χ0n) is 14.4. The number of sulfonamides is 1. The molecule has 6 nitrogen and oxygen atoms in total. The molecule has 0 aliphatic carbocycles. The number of hydrogen-bond acceptors (Lipinski definition) is 5. The van der Waals surface area contributed by atoms with Gasteiger partial charge in [-0.25, -0.2) is 8.42 Å². The third kappa shape index (κ3) is 3.90. The molecule has 1 heterocycles. The monoisotopic (exact) mass is 411 g/mol. The summed E-state index contributed by atoms with van der Waals surface area (Å²) < 4.78 is 33.4. The first-order valence-electron chi connectivity index (χ1n) is 8.29. The van der Waals surface area contributed by atoms with Crippen molar-refractivity contribution < 1.29 is 12.8 Å². The molecule has 28 heavy (non-hydrogen) atoms. The molecule has 3 aromatic carbocycles. The van der Waals surface area contributed by atoms with Gasteiger partial charge >= 0.3 is 0 Å². The highest BCUT2D eigenvalue weighted by Crippen LogP contribution is 2.27. The van der Waals surface area contributed by atoms with Crippen molar-refractivity contribution in [3.05, 3.63) is 83.9 Å². The van der Waals surface area contributed by atoms with Gasteiger partial charge in [-0.1, -0.05) is 41.9 Å². The van der Waals surface area contributed by atoms with E-state index >= 15 is 0 Å². The van der Waals surface area contributed by atoms with Gasteiger partial charge < -0.3 is 4.42 Å². The predicted octanol–water partition coefficient (Wildman–Crippen LogP) is 4.86. The van der Waals surface area contributed by atoms with Crippen molar-refractivity contribution in [3.63, 3.8) is 0 Å². The standard InChI is InChI=1S/C20H14ClN3O3S/c21-16-9-5-11-18(13-16)28(25,26)24-17-10-4-8-15(12-17)20-23-22-19(27-20)14-6-2-1-3-7-14/h1-13,24H. The van der Waals surface area contributed by atoms with Crippen molar-refractivity contribution in [2.45, 2.75) is 4.90 Å². The van der Waals surface area contributed by atoms with Crippen molar-refractivity contribution in [3.8, 4) is 22.9 Å². The van der Waals surface area contributed by atoms with Gasteiger partial charge in [-0.2, -0.15) is 0 Å². The number of anilines is 1. The first-order chi connectivity index (χ1) is 13.5. The highest BCUT2D eigenvalue weighted by Gasteiger charge is 2.16. The van der Waals surface area contributed by atoms with Crippen LogP contribution in [0.2, 0.25) is 5.02 Å². The fraction of sp³-hybridized carbons (Fsp3) is 0. The summed E-state index contributed by atoms with van der Waals surface area (Å²) in [5, 5.41) is 8.46. The smallest absolute Gasteiger partial charge is 0.261 e. The van der Waals surface area contributed by atoms with Gasteiger partial charge in [-0.05, 0) is 48.5 Å². The van der Waals surface area contributed by atoms with Gasteiger partial charge in [0.2, 0.25) is 11.8 Å². The van der Waals surface area contributed by atoms with Gasteiger partial charge in [-0.3, -0.25) is 4.72 Å². The number of hydrogen-bond donors (Lipinski definition) is 1. The Bertz CT molecular complexity index is 1220. The molecular weight excluding hydrogens is 398 g/mol. The Balaban J connectivity index is 1.61. The lowest BCUT2D eigenvalue weighted by molar-refractivity contribution is 0.584. The van der Waals surface area contributed by atoms with Crippen LogP contribution in [0.5, 0.6) is 0 Å². The normalized spacial score (nSPS) is 11.3. The number of benzene rings is 3. The molecule has 4 rings (SSSR count). The average Bonchev–Trinajstić information content (AvgIpc) is 3.19. The molecule has 0 aliphatic rings. The SMILES string of the molecule is O=S(=O)(Nc1cccc(-c2nnc(-c3ccccc3)o2)c1)c1cccc(Cl)c1. The Morgan fingerprint density at radius 2 is 1.46 bits per heavy atom. The molecule has 140 valence electrons. The Morgan fingerprint density at radius 3 is 2.21 bits per heavy atom. The third-order valence-corrected chi connectivity index (χ3v) is 5.53. The largest absolute Gasteiger partial charge is 0.416 e. The molecular formula is C20H14ClN3O3S. The predicted molar refractivity (Wildman–Crippen MR) is 107 cm³/mol. The summed E-state index contributed by atoms with van der Waals surface area (Å²) >= 11 is 5.89. The Morgan fingerprint density at radius 1 is 0.786 bits per heavy atom. The molecule has 1 N–H and O–H groups in total. The fourth-order valence-corrected chi connectivity index (χ4v) is 3.95. The summed E-state index contributed by atoms with van der Waals surface area (Å²) in [4.78, 5) is 0.0783. The van der Waals surface area contributed by atoms with Gasteiger partial charge in [0.15, 0.2) is 0 Å². The summed E-state index contributed by atoms with van der Waals surface area (Å²) in [6, 6.07) is 22.2. The fourth-order valence-electron chi connectivity index (χ4n) is 2.60. The van der Waals surface area contributed by atoms with Crippen LogP contribution in [-0.2, 0) is 10.0 Å². The first kappa shape index (κ1) is 18.2. The van der Waals surface area contributed by atoms with Gasteiger partial charge in [0, 0.05) is 21.8 Å². The van der Waals surface area contributed by atoms with Crippen LogP contribution in [0.4, 0.5) is 5.69 Å². The van der Waals surface area contributed by atoms with Crippen LogP contribution in [0.3, 0.4) is 0 Å². The van der Waals surface area contributed by atoms with Crippen LogP contribution >= 0.6 is 11.6 Å². The zero-order chi connectivity index (χ0) is 19.6. The van der Waals surface area contributed by atoms with Crippen molar-refractivity contribution in [1.82, 2.24) is 10.2 Å². The van der Waals surface area contributed by atoms with E-state index in [0.29, 0.717) is 28.1 Å². The molecule has 0 aliphatic heterocycles. The van der Waals surface area contributed by atoms with Crippen molar-refractivity contribution in [2.24, 2.45) is 0 Å². The first-order valence-corrected chi connectivity index (χ1v) is 10.2. The molecule has 4 aromatic rings. The molecule has 0 radical (unpaired) electrons. The summed E-state index contributed by atoms with van der Waals surface area (Å²) in [6.07, 6.45) is 0. The summed E-state index contributed by atoms with van der Waals surface area (Å²) in [7, 11) is -3.77. The number of rotatable bonds is 5. The molecule has 8 heteroatoms. The highest BCUT2D eigenvalue weighted by molar-refractivity contribution is 7.92. The molecule has 0 saturated heterocycles. The van der Waals surface area contributed by atoms with E-state index in [2.05, 4.69) is 14.9 Å². The maximum absolute atomic E-state index is 12.6. The molecule has 0 atom stereocenters. The average molecular weight is 412 g/mol. The van der Waals surface area contributed by atoms with Crippen LogP contribution < -0.4 is 4.72 Å². The Labute approximate surface area is 166 Å². The minimum atomic E-state index is -3.77. The minimum Gasteiger partial charge on any atom is -0.416 e. The van der Waals surface area contributed by atoms with Gasteiger partial charge in [0.05, 0.1) is 4.90 Å². The number of halogens is 1. The summed E-state index contributed by atoms with van der Waals surface area (Å²) in [5.74, 6) is 0.683. The zero-order valence-corrected chi connectivity index (χ0v) is 16.0. The van der Waals surface area contributed by atoms with Crippen LogP contribution in [-0.4, -0.2) is 18.6 Å². The number of aromatic nitrogens is 2. The van der Waals surface area contributed by atoms with E-state index in [9.17, 15) is 8.42 Å². The lowest BCUT2D eigenvalue weighted by Gasteiger charge is -2.09. The quantitative estimate of drug-likeness (QED) is 0.507. The van der Waals surface area contributed by atoms with E-state index < -0.39 is 10.0 Å². The van der Waals surface area contributed by atoms with Crippen molar-refractivity contribution in [2.75, 3.05) is 4.72 Å². The Kier molecular flexibility index (Phi) is 4.85. The molecule has 0 fully saturated rings. The van der Waals surface area contributed by atoms with E-state index in [1.165, 1.54) is 12.1 Å². The van der Waals surface area contributed by atoms with E-state index in [0.717, 1.165) is 5.56 Å². The van der Waals surface area contributed by atoms with Gasteiger partial charge in [0.25, 0.3) is 10.0 Å². The second kappa shape index (κ2) is 7.46. The molecule has 1 aromatic heterocycles. The van der Waals surface area contributed by atoms with Crippen LogP contribution in [0.1, 0.15) is 0 Å². The molecule has 0 spiro atoms. The van der Waals surface area contributed by atoms with E-state index in [1.807, 2.05) is 30.3 Å². The topological polar surface area (TPSA) is 85.1 Å². The number of nitrogens with one attached hydrogen (secondary N) is 1. The van der Waals surface area contributed by atoms with E-state index in [1.54, 1.807) is 36.4 Å². The molecule has 0 amide bonds. The summed E-state index contributed by atoms with van der Waals surface area (Å²) in [5.41, 5.74) is 1.77. The van der Waals surface area contributed by atoms with Crippen LogP contribution in [0.15, 0.2) is 88.2 Å². The third-order valence-electron chi connectivity index (χ3n) is 3.91. The lowest BCUT2D eigenvalue weighted by Crippen LogP contribution is -2.12. The van der Waals surface area contributed by atoms with Crippen molar-refractivity contribution in [1.29, 1.82) is 0 Å². The lowest BCUT2D eigenvalue weighted by atomic mass is 10.2. The van der Waals surface area contributed by atoms with Crippen molar-refractivity contribution >= 4 is 27.3 Å². The van der Waals surface area contributed by atoms with E-state index in [-0.39, 0.29) is 4.90 Å². The Hall–Kier alpha value is -3.16. The van der Waals surface area contributed by atoms with Crippen LogP contribution in [0, 0.1) is 0 Å². The molecule has 0 bridgehead atoms. The highest BCUT2D eigenvalue weighted by atomic mass is 35.5. The number of nitrogens with zero attached hydrogens (tertiary/aromatic N) is 2. The van der Waals surface area contributed by atoms with Crippen LogP contribution in [0.25, 0.3) is 22.9 Å². The minimum absolute atomic E-state index is 0.0783. The van der Waals surface area contributed by atoms with Gasteiger partial charge in [-0.15, -0.1) is 10.2 Å². The second-order valence-electron chi connectivity index (χ2n) is 5.92. The molecule has 0 saturated carbocycles. The maximum Gasteiger partial charge on any atom is 0.261 e.